The van der Waals surface area contributed by atoms with E-state index in [1.807, 2.05) is 13.8 Å². The Morgan fingerprint density at radius 3 is 2.12 bits per heavy atom. The number of anilines is 1. The highest BCUT2D eigenvalue weighted by Crippen LogP contribution is 2.38. The monoisotopic (exact) mass is 643 g/mol. The fourth-order valence-corrected chi connectivity index (χ4v) is 5.73. The minimum Gasteiger partial charge on any atom is -0.354 e. The van der Waals surface area contributed by atoms with Crippen molar-refractivity contribution < 1.29 is 31.2 Å². The molecule has 0 spiro atoms. The smallest absolute Gasteiger partial charge is 0.354 e. The quantitative estimate of drug-likeness (QED) is 0.262. The van der Waals surface area contributed by atoms with Crippen molar-refractivity contribution in [2.45, 2.75) is 44.4 Å². The summed E-state index contributed by atoms with van der Waals surface area (Å²) >= 11 is 11.8. The molecule has 3 aromatic carbocycles. The largest absolute Gasteiger partial charge is 0.417 e. The van der Waals surface area contributed by atoms with E-state index in [9.17, 15) is 31.2 Å². The molecule has 3 aromatic rings. The summed E-state index contributed by atoms with van der Waals surface area (Å²) in [6.45, 7) is 4.63. The Kier molecular flexibility index (Phi) is 10.9. The Bertz CT molecular complexity index is 1500. The first-order chi connectivity index (χ1) is 19.6. The average Bonchev–Trinajstić information content (AvgIpc) is 2.94. The zero-order chi connectivity index (χ0) is 31.2. The van der Waals surface area contributed by atoms with Gasteiger partial charge in [-0.3, -0.25) is 13.9 Å². The van der Waals surface area contributed by atoms with Crippen molar-refractivity contribution in [3.8, 4) is 0 Å². The van der Waals surface area contributed by atoms with Gasteiger partial charge in [0.15, 0.2) is 0 Å². The van der Waals surface area contributed by atoms with E-state index in [2.05, 4.69) is 5.32 Å². The second kappa shape index (κ2) is 13.8. The number of rotatable bonds is 11. The molecule has 0 fully saturated rings. The maximum absolute atomic E-state index is 13.9. The zero-order valence-electron chi connectivity index (χ0n) is 23.0. The van der Waals surface area contributed by atoms with Crippen LogP contribution in [0.3, 0.4) is 0 Å². The van der Waals surface area contributed by atoms with Crippen LogP contribution in [0.2, 0.25) is 10.0 Å². The van der Waals surface area contributed by atoms with Crippen LogP contribution >= 0.6 is 23.2 Å². The van der Waals surface area contributed by atoms with Crippen LogP contribution in [0.1, 0.15) is 31.9 Å². The van der Waals surface area contributed by atoms with Crippen molar-refractivity contribution >= 4 is 50.7 Å². The molecule has 3 rings (SSSR count). The predicted molar refractivity (Wildman–Crippen MR) is 157 cm³/mol. The Hall–Kier alpha value is -3.28. The molecular formula is C29H30Cl2F3N3O4S. The number of hydrogen-bond acceptors (Lipinski definition) is 4. The van der Waals surface area contributed by atoms with Crippen LogP contribution in [0.25, 0.3) is 0 Å². The van der Waals surface area contributed by atoms with Crippen molar-refractivity contribution in [3.63, 3.8) is 0 Å². The van der Waals surface area contributed by atoms with E-state index in [0.717, 1.165) is 12.1 Å². The van der Waals surface area contributed by atoms with Crippen LogP contribution in [0.5, 0.6) is 0 Å². The standard InChI is InChI=1S/C29H30Cl2F3N3O4S/c1-19(2)16-35-28(39)20(3)36(17-21-9-11-22(30)12-10-21)27(38)18-37(42(40,41)24-7-5-4-6-8-24)23-13-14-26(31)25(15-23)29(32,33)34/h4-15,19-20H,16-18H2,1-3H3,(H,35,39). The van der Waals surface area contributed by atoms with E-state index in [-0.39, 0.29) is 17.4 Å². The maximum atomic E-state index is 13.9. The lowest BCUT2D eigenvalue weighted by molar-refractivity contribution is -0.139. The van der Waals surface area contributed by atoms with Crippen molar-refractivity contribution in [2.75, 3.05) is 17.4 Å². The topological polar surface area (TPSA) is 86.8 Å². The van der Waals surface area contributed by atoms with Gasteiger partial charge in [-0.15, -0.1) is 0 Å². The molecule has 1 unspecified atom stereocenters. The fourth-order valence-electron chi connectivity index (χ4n) is 3.96. The van der Waals surface area contributed by atoms with Gasteiger partial charge in [-0.25, -0.2) is 8.42 Å². The number of benzene rings is 3. The van der Waals surface area contributed by atoms with Crippen LogP contribution in [-0.4, -0.2) is 44.3 Å². The number of nitrogens with one attached hydrogen (secondary N) is 1. The summed E-state index contributed by atoms with van der Waals surface area (Å²) in [5.74, 6) is -1.17. The third-order valence-electron chi connectivity index (χ3n) is 6.27. The number of halogens is 5. The lowest BCUT2D eigenvalue weighted by Gasteiger charge is -2.32. The number of nitrogens with zero attached hydrogens (tertiary/aromatic N) is 2. The van der Waals surface area contributed by atoms with Gasteiger partial charge in [0.2, 0.25) is 11.8 Å². The molecule has 13 heteroatoms. The predicted octanol–water partition coefficient (Wildman–Crippen LogP) is 6.40. The van der Waals surface area contributed by atoms with Gasteiger partial charge in [-0.2, -0.15) is 13.2 Å². The van der Waals surface area contributed by atoms with Crippen LogP contribution in [-0.2, 0) is 32.3 Å². The SMILES string of the molecule is CC(C)CNC(=O)C(C)N(Cc1ccc(Cl)cc1)C(=O)CN(c1ccc(Cl)c(C(F)(F)F)c1)S(=O)(=O)c1ccccc1. The van der Waals surface area contributed by atoms with Crippen molar-refractivity contribution in [3.05, 3.63) is 94.0 Å². The van der Waals surface area contributed by atoms with E-state index < -0.39 is 56.9 Å². The second-order valence-electron chi connectivity index (χ2n) is 9.95. The Balaban J connectivity index is 2.08. The molecule has 0 bridgehead atoms. The van der Waals surface area contributed by atoms with E-state index >= 15 is 0 Å². The van der Waals surface area contributed by atoms with Gasteiger partial charge < -0.3 is 10.2 Å². The van der Waals surface area contributed by atoms with E-state index in [1.54, 1.807) is 30.3 Å². The molecule has 7 nitrogen and oxygen atoms in total. The summed E-state index contributed by atoms with van der Waals surface area (Å²) in [7, 11) is -4.55. The van der Waals surface area contributed by atoms with Gasteiger partial charge in [-0.05, 0) is 60.9 Å². The molecule has 0 aliphatic rings. The average molecular weight is 645 g/mol. The Morgan fingerprint density at radius 2 is 1.55 bits per heavy atom. The van der Waals surface area contributed by atoms with E-state index in [4.69, 9.17) is 23.2 Å². The summed E-state index contributed by atoms with van der Waals surface area (Å²) in [5, 5.41) is 2.57. The van der Waals surface area contributed by atoms with Gasteiger partial charge in [0.1, 0.15) is 12.6 Å². The van der Waals surface area contributed by atoms with Crippen LogP contribution in [0.4, 0.5) is 18.9 Å². The number of amides is 2. The second-order valence-corrected chi connectivity index (χ2v) is 12.7. The van der Waals surface area contributed by atoms with Crippen molar-refractivity contribution in [1.29, 1.82) is 0 Å². The summed E-state index contributed by atoms with van der Waals surface area (Å²) in [4.78, 5) is 27.8. The third-order valence-corrected chi connectivity index (χ3v) is 8.64. The highest BCUT2D eigenvalue weighted by atomic mass is 35.5. The van der Waals surface area contributed by atoms with Crippen molar-refractivity contribution in [2.24, 2.45) is 5.92 Å². The molecule has 0 saturated heterocycles. The Morgan fingerprint density at radius 1 is 0.929 bits per heavy atom. The molecule has 1 N–H and O–H groups in total. The minimum atomic E-state index is -4.89. The highest BCUT2D eigenvalue weighted by Gasteiger charge is 2.37. The summed E-state index contributed by atoms with van der Waals surface area (Å²) in [5.41, 5.74) is -1.09. The number of carbonyl (C=O) groups is 2. The molecular weight excluding hydrogens is 614 g/mol. The molecule has 1 atom stereocenters. The fraction of sp³-hybridized carbons (Fsp3) is 0.310. The van der Waals surface area contributed by atoms with Gasteiger partial charge >= 0.3 is 6.18 Å². The molecule has 0 radical (unpaired) electrons. The van der Waals surface area contributed by atoms with Gasteiger partial charge in [0, 0.05) is 18.1 Å². The van der Waals surface area contributed by atoms with E-state index in [0.29, 0.717) is 27.5 Å². The van der Waals surface area contributed by atoms with Gasteiger partial charge in [0.05, 0.1) is 21.2 Å². The molecule has 0 aromatic heterocycles. The third kappa shape index (κ3) is 8.39. The first kappa shape index (κ1) is 33.2. The molecule has 0 saturated carbocycles. The van der Waals surface area contributed by atoms with Crippen LogP contribution < -0.4 is 9.62 Å². The number of alkyl halides is 3. The lowest BCUT2D eigenvalue weighted by Crippen LogP contribution is -2.51. The number of sulfonamides is 1. The van der Waals surface area contributed by atoms with Gasteiger partial charge in [-0.1, -0.05) is 67.4 Å². The lowest BCUT2D eigenvalue weighted by atomic mass is 10.1. The number of carbonyl (C=O) groups excluding carboxylic acids is 2. The highest BCUT2D eigenvalue weighted by molar-refractivity contribution is 7.92. The van der Waals surface area contributed by atoms with Crippen LogP contribution in [0, 0.1) is 5.92 Å². The Labute approximate surface area is 253 Å². The van der Waals surface area contributed by atoms with Gasteiger partial charge in [0.25, 0.3) is 10.0 Å². The molecule has 0 aliphatic carbocycles. The van der Waals surface area contributed by atoms with Crippen LogP contribution in [0.15, 0.2) is 77.7 Å². The normalized spacial score (nSPS) is 12.6. The first-order valence-corrected chi connectivity index (χ1v) is 15.1. The minimum absolute atomic E-state index is 0.0973. The number of hydrogen-bond donors (Lipinski definition) is 1. The van der Waals surface area contributed by atoms with Crippen molar-refractivity contribution in [1.82, 2.24) is 10.2 Å². The molecule has 2 amide bonds. The summed E-state index contributed by atoms with van der Waals surface area (Å²) in [6.07, 6.45) is -4.89. The molecule has 0 aliphatic heterocycles. The summed E-state index contributed by atoms with van der Waals surface area (Å²) < 4.78 is 69.3. The molecule has 0 heterocycles. The van der Waals surface area contributed by atoms with E-state index in [1.165, 1.54) is 36.1 Å². The molecule has 42 heavy (non-hydrogen) atoms. The molecule has 226 valence electrons. The summed E-state index contributed by atoms with van der Waals surface area (Å²) in [6, 6.07) is 15.0. The zero-order valence-corrected chi connectivity index (χ0v) is 25.4. The first-order valence-electron chi connectivity index (χ1n) is 12.9. The maximum Gasteiger partial charge on any atom is 0.417 e.